The Kier molecular flexibility index (Phi) is 4.57. The van der Waals surface area contributed by atoms with Crippen LogP contribution in [0.3, 0.4) is 0 Å². The lowest BCUT2D eigenvalue weighted by molar-refractivity contribution is -0.122. The Morgan fingerprint density at radius 2 is 2.14 bits per heavy atom. The predicted octanol–water partition coefficient (Wildman–Crippen LogP) is 1.46. The zero-order valence-corrected chi connectivity index (χ0v) is 13.2. The Labute approximate surface area is 129 Å². The van der Waals surface area contributed by atoms with Crippen LogP contribution in [-0.2, 0) is 14.8 Å². The first-order valence-electron chi connectivity index (χ1n) is 6.61. The Bertz CT molecular complexity index is 655. The second kappa shape index (κ2) is 5.92. The molecular formula is C13H18ClN3O3S. The first-order chi connectivity index (χ1) is 9.72. The number of nitrogens with one attached hydrogen (secondary N) is 2. The van der Waals surface area contributed by atoms with Gasteiger partial charge in [0.25, 0.3) is 0 Å². The summed E-state index contributed by atoms with van der Waals surface area (Å²) in [5.41, 5.74) is -0.444. The smallest absolute Gasteiger partial charge is 0.244 e. The fraction of sp³-hybridized carbons (Fsp3) is 0.462. The van der Waals surface area contributed by atoms with E-state index in [0.717, 1.165) is 19.4 Å². The third-order valence-electron chi connectivity index (χ3n) is 3.63. The highest BCUT2D eigenvalue weighted by Crippen LogP contribution is 2.27. The number of benzene rings is 1. The van der Waals surface area contributed by atoms with Crippen molar-refractivity contribution in [1.82, 2.24) is 5.32 Å². The van der Waals surface area contributed by atoms with Gasteiger partial charge < -0.3 is 10.6 Å². The molecule has 1 heterocycles. The highest BCUT2D eigenvalue weighted by atomic mass is 35.5. The standard InChI is InChI=1S/C13H18ClN3O3S/c1-13(6-2-3-7-16-13)12(18)17-11-8-9(21(15,19)20)4-5-10(11)14/h4-5,8,16H,2-3,6-7H2,1H3,(H,17,18)(H2,15,19,20). The molecule has 0 radical (unpaired) electrons. The van der Waals surface area contributed by atoms with E-state index in [1.54, 1.807) is 0 Å². The molecule has 0 aliphatic carbocycles. The summed E-state index contributed by atoms with van der Waals surface area (Å²) < 4.78 is 22.7. The van der Waals surface area contributed by atoms with Crippen LogP contribution in [0.4, 0.5) is 5.69 Å². The minimum absolute atomic E-state index is 0.0936. The number of carbonyl (C=O) groups excluding carboxylic acids is 1. The molecule has 1 aromatic carbocycles. The molecular weight excluding hydrogens is 314 g/mol. The van der Waals surface area contributed by atoms with Gasteiger partial charge in [0.1, 0.15) is 0 Å². The van der Waals surface area contributed by atoms with Gasteiger partial charge in [-0.3, -0.25) is 4.79 Å². The van der Waals surface area contributed by atoms with Crippen molar-refractivity contribution in [2.75, 3.05) is 11.9 Å². The Morgan fingerprint density at radius 3 is 2.71 bits per heavy atom. The van der Waals surface area contributed by atoms with Gasteiger partial charge in [-0.25, -0.2) is 13.6 Å². The maximum atomic E-state index is 12.4. The van der Waals surface area contributed by atoms with E-state index >= 15 is 0 Å². The molecule has 1 aromatic rings. The van der Waals surface area contributed by atoms with Gasteiger partial charge in [-0.1, -0.05) is 11.6 Å². The van der Waals surface area contributed by atoms with Gasteiger partial charge in [0.05, 0.1) is 21.1 Å². The number of primary sulfonamides is 1. The number of anilines is 1. The van der Waals surface area contributed by atoms with E-state index in [0.29, 0.717) is 6.42 Å². The van der Waals surface area contributed by atoms with Gasteiger partial charge in [0.2, 0.25) is 15.9 Å². The van der Waals surface area contributed by atoms with Crippen LogP contribution in [0.2, 0.25) is 5.02 Å². The second-order valence-electron chi connectivity index (χ2n) is 5.36. The van der Waals surface area contributed by atoms with Crippen LogP contribution in [0.25, 0.3) is 0 Å². The first kappa shape index (κ1) is 16.2. The summed E-state index contributed by atoms with van der Waals surface area (Å²) in [5, 5.41) is 11.2. The summed E-state index contributed by atoms with van der Waals surface area (Å²) in [7, 11) is -3.84. The van der Waals surface area contributed by atoms with Crippen LogP contribution < -0.4 is 15.8 Å². The van der Waals surface area contributed by atoms with Gasteiger partial charge in [-0.15, -0.1) is 0 Å². The topological polar surface area (TPSA) is 101 Å². The lowest BCUT2D eigenvalue weighted by Gasteiger charge is -2.33. The van der Waals surface area contributed by atoms with Crippen molar-refractivity contribution in [2.24, 2.45) is 5.14 Å². The largest absolute Gasteiger partial charge is 0.323 e. The summed E-state index contributed by atoms with van der Waals surface area (Å²) in [6.45, 7) is 2.59. The van der Waals surface area contributed by atoms with Crippen molar-refractivity contribution < 1.29 is 13.2 Å². The van der Waals surface area contributed by atoms with Gasteiger partial charge in [-0.05, 0) is 50.9 Å². The summed E-state index contributed by atoms with van der Waals surface area (Å²) in [6, 6.07) is 3.96. The van der Waals surface area contributed by atoms with E-state index in [4.69, 9.17) is 16.7 Å². The minimum Gasteiger partial charge on any atom is -0.323 e. The Morgan fingerprint density at radius 1 is 1.43 bits per heavy atom. The second-order valence-corrected chi connectivity index (χ2v) is 7.33. The summed E-state index contributed by atoms with van der Waals surface area (Å²) in [6.07, 6.45) is 2.71. The molecule has 1 fully saturated rings. The molecule has 0 bridgehead atoms. The van der Waals surface area contributed by atoms with Crippen LogP contribution in [0.1, 0.15) is 26.2 Å². The number of hydrogen-bond donors (Lipinski definition) is 3. The molecule has 1 amide bonds. The Hall–Kier alpha value is -1.15. The Balaban J connectivity index is 2.24. The molecule has 0 spiro atoms. The normalized spacial score (nSPS) is 22.8. The minimum atomic E-state index is -3.84. The zero-order valence-electron chi connectivity index (χ0n) is 11.6. The van der Waals surface area contributed by atoms with E-state index < -0.39 is 15.6 Å². The number of carbonyl (C=O) groups is 1. The van der Waals surface area contributed by atoms with Gasteiger partial charge in [0.15, 0.2) is 0 Å². The number of nitrogens with two attached hydrogens (primary N) is 1. The van der Waals surface area contributed by atoms with Crippen molar-refractivity contribution >= 4 is 33.2 Å². The lowest BCUT2D eigenvalue weighted by atomic mass is 9.90. The van der Waals surface area contributed by atoms with E-state index in [1.807, 2.05) is 6.92 Å². The molecule has 0 saturated carbocycles. The fourth-order valence-electron chi connectivity index (χ4n) is 2.29. The number of amides is 1. The quantitative estimate of drug-likeness (QED) is 0.780. The van der Waals surface area contributed by atoms with Gasteiger partial charge in [-0.2, -0.15) is 0 Å². The molecule has 21 heavy (non-hydrogen) atoms. The maximum Gasteiger partial charge on any atom is 0.244 e. The van der Waals surface area contributed by atoms with Crippen LogP contribution in [-0.4, -0.2) is 26.4 Å². The number of rotatable bonds is 3. The molecule has 1 aliphatic heterocycles. The van der Waals surface area contributed by atoms with Crippen LogP contribution in [0.5, 0.6) is 0 Å². The average molecular weight is 332 g/mol. The maximum absolute atomic E-state index is 12.4. The van der Waals surface area contributed by atoms with Crippen LogP contribution in [0, 0.1) is 0 Å². The average Bonchev–Trinajstić information content (AvgIpc) is 2.40. The number of hydrogen-bond acceptors (Lipinski definition) is 4. The van der Waals surface area contributed by atoms with E-state index in [2.05, 4.69) is 10.6 Å². The van der Waals surface area contributed by atoms with Gasteiger partial charge >= 0.3 is 0 Å². The lowest BCUT2D eigenvalue weighted by Crippen LogP contribution is -2.54. The predicted molar refractivity (Wildman–Crippen MR) is 81.7 cm³/mol. The molecule has 1 unspecified atom stereocenters. The van der Waals surface area contributed by atoms with Crippen molar-refractivity contribution in [2.45, 2.75) is 36.6 Å². The van der Waals surface area contributed by atoms with Crippen molar-refractivity contribution in [3.05, 3.63) is 23.2 Å². The van der Waals surface area contributed by atoms with Crippen molar-refractivity contribution in [3.8, 4) is 0 Å². The van der Waals surface area contributed by atoms with Crippen LogP contribution >= 0.6 is 11.6 Å². The molecule has 1 aliphatic rings. The molecule has 0 aromatic heterocycles. The fourth-order valence-corrected chi connectivity index (χ4v) is 2.99. The molecule has 2 rings (SSSR count). The molecule has 1 saturated heterocycles. The summed E-state index contributed by atoms with van der Waals surface area (Å²) in [4.78, 5) is 12.3. The highest BCUT2D eigenvalue weighted by Gasteiger charge is 2.34. The van der Waals surface area contributed by atoms with Gasteiger partial charge in [0, 0.05) is 0 Å². The molecule has 116 valence electrons. The molecule has 1 atom stereocenters. The van der Waals surface area contributed by atoms with E-state index in [-0.39, 0.29) is 21.5 Å². The third kappa shape index (κ3) is 3.74. The third-order valence-corrected chi connectivity index (χ3v) is 4.88. The SMILES string of the molecule is CC1(C(=O)Nc2cc(S(N)(=O)=O)ccc2Cl)CCCCN1. The van der Waals surface area contributed by atoms with E-state index in [9.17, 15) is 13.2 Å². The summed E-state index contributed by atoms with van der Waals surface area (Å²) in [5.74, 6) is -0.240. The van der Waals surface area contributed by atoms with E-state index in [1.165, 1.54) is 18.2 Å². The van der Waals surface area contributed by atoms with Crippen molar-refractivity contribution in [3.63, 3.8) is 0 Å². The number of sulfonamides is 1. The molecule has 8 heteroatoms. The van der Waals surface area contributed by atoms with Crippen molar-refractivity contribution in [1.29, 1.82) is 0 Å². The zero-order chi connectivity index (χ0) is 15.7. The summed E-state index contributed by atoms with van der Waals surface area (Å²) >= 11 is 6.00. The molecule has 4 N–H and O–H groups in total. The monoisotopic (exact) mass is 331 g/mol. The first-order valence-corrected chi connectivity index (χ1v) is 8.54. The highest BCUT2D eigenvalue weighted by molar-refractivity contribution is 7.89. The van der Waals surface area contributed by atoms with Crippen LogP contribution in [0.15, 0.2) is 23.1 Å². The molecule has 6 nitrogen and oxygen atoms in total. The number of halogens is 1. The number of piperidine rings is 1.